The predicted molar refractivity (Wildman–Crippen MR) is 97.0 cm³/mol. The fourth-order valence-corrected chi connectivity index (χ4v) is 2.72. The summed E-state index contributed by atoms with van der Waals surface area (Å²) >= 11 is 0. The van der Waals surface area contributed by atoms with Crippen molar-refractivity contribution in [2.45, 2.75) is 13.8 Å². The number of hydrogen-bond acceptors (Lipinski definition) is 4. The van der Waals surface area contributed by atoms with E-state index in [1.54, 1.807) is 30.3 Å². The molecule has 0 radical (unpaired) electrons. The molecule has 2 aromatic rings. The van der Waals surface area contributed by atoms with Crippen molar-refractivity contribution in [2.24, 2.45) is 5.92 Å². The molecule has 0 fully saturated rings. The summed E-state index contributed by atoms with van der Waals surface area (Å²) in [5, 5.41) is 12.4. The number of carbonyl (C=O) groups is 2. The average Bonchev–Trinajstić information content (AvgIpc) is 2.65. The number of hydrogen-bond donors (Lipinski definition) is 2. The quantitative estimate of drug-likeness (QED) is 0.860. The SMILES string of the molecule is CC(C)CNC(=O)c1cccc(-c2cc3c(c(C(=O)O)c2)OCCO3)c1. The number of carbonyl (C=O) groups excluding carboxylic acids is 1. The maximum atomic E-state index is 12.3. The average molecular weight is 355 g/mol. The Kier molecular flexibility index (Phi) is 5.11. The molecule has 1 aliphatic heterocycles. The summed E-state index contributed by atoms with van der Waals surface area (Å²) in [4.78, 5) is 23.9. The van der Waals surface area contributed by atoms with E-state index >= 15 is 0 Å². The lowest BCUT2D eigenvalue weighted by molar-refractivity contribution is 0.0686. The topological polar surface area (TPSA) is 84.9 Å². The Morgan fingerprint density at radius 1 is 1.12 bits per heavy atom. The highest BCUT2D eigenvalue weighted by molar-refractivity contribution is 5.97. The molecule has 6 nitrogen and oxygen atoms in total. The van der Waals surface area contributed by atoms with E-state index in [-0.39, 0.29) is 17.2 Å². The second-order valence-electron chi connectivity index (χ2n) is 6.54. The maximum Gasteiger partial charge on any atom is 0.339 e. The van der Waals surface area contributed by atoms with Crippen LogP contribution in [0, 0.1) is 5.92 Å². The molecule has 0 atom stereocenters. The van der Waals surface area contributed by atoms with Crippen LogP contribution >= 0.6 is 0 Å². The van der Waals surface area contributed by atoms with Crippen LogP contribution in [0.1, 0.15) is 34.6 Å². The smallest absolute Gasteiger partial charge is 0.339 e. The van der Waals surface area contributed by atoms with Crippen molar-refractivity contribution >= 4 is 11.9 Å². The lowest BCUT2D eigenvalue weighted by Gasteiger charge is -2.21. The van der Waals surface area contributed by atoms with E-state index in [2.05, 4.69) is 5.32 Å². The molecule has 1 heterocycles. The second-order valence-corrected chi connectivity index (χ2v) is 6.54. The van der Waals surface area contributed by atoms with Gasteiger partial charge in [0.05, 0.1) is 0 Å². The molecule has 2 N–H and O–H groups in total. The van der Waals surface area contributed by atoms with Crippen molar-refractivity contribution in [3.8, 4) is 22.6 Å². The number of ether oxygens (including phenoxy) is 2. The van der Waals surface area contributed by atoms with E-state index in [0.29, 0.717) is 42.6 Å². The Morgan fingerprint density at radius 2 is 1.88 bits per heavy atom. The summed E-state index contributed by atoms with van der Waals surface area (Å²) in [5.74, 6) is -0.229. The Bertz CT molecular complexity index is 844. The van der Waals surface area contributed by atoms with E-state index in [9.17, 15) is 14.7 Å². The zero-order valence-corrected chi connectivity index (χ0v) is 14.7. The zero-order chi connectivity index (χ0) is 18.7. The minimum atomic E-state index is -1.08. The molecule has 0 saturated heterocycles. The van der Waals surface area contributed by atoms with Gasteiger partial charge in [-0.25, -0.2) is 4.79 Å². The molecule has 1 amide bonds. The van der Waals surface area contributed by atoms with Gasteiger partial charge in [0.15, 0.2) is 11.5 Å². The van der Waals surface area contributed by atoms with Gasteiger partial charge in [-0.05, 0) is 41.3 Å². The highest BCUT2D eigenvalue weighted by Gasteiger charge is 2.22. The van der Waals surface area contributed by atoms with Crippen molar-refractivity contribution in [2.75, 3.05) is 19.8 Å². The third-order valence-electron chi connectivity index (χ3n) is 4.00. The second kappa shape index (κ2) is 7.47. The third-order valence-corrected chi connectivity index (χ3v) is 4.00. The number of carboxylic acid groups (broad SMARTS) is 1. The predicted octanol–water partition coefficient (Wildman–Crippen LogP) is 3.21. The van der Waals surface area contributed by atoms with Crippen molar-refractivity contribution in [3.05, 3.63) is 47.5 Å². The summed E-state index contributed by atoms with van der Waals surface area (Å²) < 4.78 is 11.0. The van der Waals surface area contributed by atoms with Crippen LogP contribution in [-0.4, -0.2) is 36.7 Å². The molecule has 136 valence electrons. The highest BCUT2D eigenvalue weighted by Crippen LogP contribution is 2.38. The maximum absolute atomic E-state index is 12.3. The van der Waals surface area contributed by atoms with Gasteiger partial charge in [0, 0.05) is 12.1 Å². The number of carboxylic acids is 1. The zero-order valence-electron chi connectivity index (χ0n) is 14.7. The van der Waals surface area contributed by atoms with Gasteiger partial charge >= 0.3 is 5.97 Å². The molecule has 3 rings (SSSR count). The molecule has 2 aromatic carbocycles. The standard InChI is InChI=1S/C20H21NO5/c1-12(2)11-21-19(22)14-5-3-4-13(8-14)15-9-16(20(23)24)18-17(10-15)25-6-7-26-18/h3-5,8-10,12H,6-7,11H2,1-2H3,(H,21,22)(H,23,24). The normalized spacial score (nSPS) is 12.7. The number of fused-ring (bicyclic) bond motifs is 1. The Labute approximate surface area is 151 Å². The molecule has 0 aromatic heterocycles. The Hall–Kier alpha value is -3.02. The van der Waals surface area contributed by atoms with Gasteiger partial charge in [0.1, 0.15) is 18.8 Å². The lowest BCUT2D eigenvalue weighted by Crippen LogP contribution is -2.27. The van der Waals surface area contributed by atoms with Gasteiger partial charge in [-0.1, -0.05) is 26.0 Å². The van der Waals surface area contributed by atoms with E-state index in [1.807, 2.05) is 19.9 Å². The van der Waals surface area contributed by atoms with Crippen LogP contribution in [0.25, 0.3) is 11.1 Å². The molecule has 6 heteroatoms. The number of benzene rings is 2. The van der Waals surface area contributed by atoms with Crippen LogP contribution in [0.4, 0.5) is 0 Å². The summed E-state index contributed by atoms with van der Waals surface area (Å²) in [6.07, 6.45) is 0. The summed E-state index contributed by atoms with van der Waals surface area (Å²) in [6.45, 7) is 5.33. The monoisotopic (exact) mass is 355 g/mol. The van der Waals surface area contributed by atoms with Crippen LogP contribution < -0.4 is 14.8 Å². The largest absolute Gasteiger partial charge is 0.486 e. The number of aromatic carboxylic acids is 1. The van der Waals surface area contributed by atoms with Gasteiger partial charge in [0.25, 0.3) is 5.91 Å². The summed E-state index contributed by atoms with van der Waals surface area (Å²) in [6, 6.07) is 10.4. The van der Waals surface area contributed by atoms with Crippen molar-refractivity contribution in [3.63, 3.8) is 0 Å². The van der Waals surface area contributed by atoms with Crippen LogP contribution in [0.3, 0.4) is 0 Å². The van der Waals surface area contributed by atoms with Crippen molar-refractivity contribution < 1.29 is 24.2 Å². The number of rotatable bonds is 5. The molecule has 1 aliphatic rings. The Balaban J connectivity index is 1.96. The minimum absolute atomic E-state index is 0.0480. The van der Waals surface area contributed by atoms with Crippen molar-refractivity contribution in [1.29, 1.82) is 0 Å². The summed E-state index contributed by atoms with van der Waals surface area (Å²) in [5.41, 5.74) is 1.97. The molecule has 0 aliphatic carbocycles. The van der Waals surface area contributed by atoms with E-state index < -0.39 is 5.97 Å². The fraction of sp³-hybridized carbons (Fsp3) is 0.300. The molecular weight excluding hydrogens is 334 g/mol. The molecule has 0 unspecified atom stereocenters. The molecular formula is C20H21NO5. The van der Waals surface area contributed by atoms with E-state index in [4.69, 9.17) is 9.47 Å². The van der Waals surface area contributed by atoms with Crippen LogP contribution in [0.15, 0.2) is 36.4 Å². The van der Waals surface area contributed by atoms with Crippen molar-refractivity contribution in [1.82, 2.24) is 5.32 Å². The molecule has 0 spiro atoms. The highest BCUT2D eigenvalue weighted by atomic mass is 16.6. The van der Waals surface area contributed by atoms with Crippen LogP contribution in [-0.2, 0) is 0 Å². The van der Waals surface area contributed by atoms with Gasteiger partial charge in [-0.2, -0.15) is 0 Å². The van der Waals surface area contributed by atoms with Gasteiger partial charge in [-0.3, -0.25) is 4.79 Å². The number of nitrogens with one attached hydrogen (secondary N) is 1. The fourth-order valence-electron chi connectivity index (χ4n) is 2.72. The van der Waals surface area contributed by atoms with Gasteiger partial charge in [-0.15, -0.1) is 0 Å². The molecule has 26 heavy (non-hydrogen) atoms. The Morgan fingerprint density at radius 3 is 2.62 bits per heavy atom. The first-order chi connectivity index (χ1) is 12.5. The molecule has 0 saturated carbocycles. The van der Waals surface area contributed by atoms with Crippen LogP contribution in [0.5, 0.6) is 11.5 Å². The van der Waals surface area contributed by atoms with Crippen LogP contribution in [0.2, 0.25) is 0 Å². The molecule has 0 bridgehead atoms. The third kappa shape index (κ3) is 3.79. The lowest BCUT2D eigenvalue weighted by atomic mass is 9.99. The first kappa shape index (κ1) is 17.8. The van der Waals surface area contributed by atoms with E-state index in [1.165, 1.54) is 0 Å². The summed E-state index contributed by atoms with van der Waals surface area (Å²) in [7, 11) is 0. The van der Waals surface area contributed by atoms with Gasteiger partial charge < -0.3 is 19.9 Å². The number of amides is 1. The minimum Gasteiger partial charge on any atom is -0.486 e. The first-order valence-corrected chi connectivity index (χ1v) is 8.51. The first-order valence-electron chi connectivity index (χ1n) is 8.51. The van der Waals surface area contributed by atoms with E-state index in [0.717, 1.165) is 5.56 Å². The van der Waals surface area contributed by atoms with Gasteiger partial charge in [0.2, 0.25) is 0 Å².